The molecule has 0 saturated heterocycles. The molecule has 7 heteroatoms. The molecule has 22 heavy (non-hydrogen) atoms. The van der Waals surface area contributed by atoms with E-state index in [-0.39, 0.29) is 11.9 Å². The Labute approximate surface area is 141 Å². The first-order valence-corrected chi connectivity index (χ1v) is 8.31. The summed E-state index contributed by atoms with van der Waals surface area (Å²) in [4.78, 5) is 24.1. The van der Waals surface area contributed by atoms with E-state index < -0.39 is 11.2 Å². The third kappa shape index (κ3) is 4.32. The zero-order valence-electron chi connectivity index (χ0n) is 11.9. The van der Waals surface area contributed by atoms with E-state index in [4.69, 9.17) is 16.3 Å². The standard InChI is InChI=1S/C15H16BrClN2O3/c16-7-4-8-18-14(20)9-13(17)19(15(18)21)11-22-10-12-5-2-1-3-6-12/h1-3,5-6,9H,4,7-8,10-11H2. The molecule has 5 nitrogen and oxygen atoms in total. The molecular formula is C15H16BrClN2O3. The molecule has 1 heterocycles. The molecule has 0 atom stereocenters. The maximum Gasteiger partial charge on any atom is 0.334 e. The summed E-state index contributed by atoms with van der Waals surface area (Å²) in [6.45, 7) is 0.712. The normalized spacial score (nSPS) is 10.8. The number of aromatic nitrogens is 2. The van der Waals surface area contributed by atoms with Crippen LogP contribution in [0.25, 0.3) is 0 Å². The van der Waals surface area contributed by atoms with E-state index in [9.17, 15) is 9.59 Å². The van der Waals surface area contributed by atoms with E-state index in [2.05, 4.69) is 15.9 Å². The Hall–Kier alpha value is -1.37. The summed E-state index contributed by atoms with van der Waals surface area (Å²) in [6, 6.07) is 10.9. The Morgan fingerprint density at radius 2 is 1.86 bits per heavy atom. The van der Waals surface area contributed by atoms with Gasteiger partial charge in [-0.15, -0.1) is 0 Å². The number of benzene rings is 1. The van der Waals surface area contributed by atoms with Gasteiger partial charge in [-0.05, 0) is 12.0 Å². The lowest BCUT2D eigenvalue weighted by Crippen LogP contribution is -2.40. The van der Waals surface area contributed by atoms with E-state index in [1.807, 2.05) is 30.3 Å². The van der Waals surface area contributed by atoms with Crippen molar-refractivity contribution in [1.29, 1.82) is 0 Å². The Kier molecular flexibility index (Phi) is 6.42. The summed E-state index contributed by atoms with van der Waals surface area (Å²) in [5.74, 6) is 0. The Morgan fingerprint density at radius 3 is 2.55 bits per heavy atom. The van der Waals surface area contributed by atoms with Gasteiger partial charge < -0.3 is 4.74 Å². The number of halogens is 2. The fourth-order valence-electron chi connectivity index (χ4n) is 1.96. The van der Waals surface area contributed by atoms with Crippen LogP contribution in [0, 0.1) is 0 Å². The van der Waals surface area contributed by atoms with Gasteiger partial charge in [0, 0.05) is 17.9 Å². The van der Waals surface area contributed by atoms with Crippen LogP contribution in [-0.2, 0) is 24.6 Å². The average molecular weight is 388 g/mol. The maximum atomic E-state index is 12.3. The van der Waals surface area contributed by atoms with Crippen LogP contribution < -0.4 is 11.2 Å². The quantitative estimate of drug-likeness (QED) is 0.542. The number of nitrogens with zero attached hydrogens (tertiary/aromatic N) is 2. The van der Waals surface area contributed by atoms with Crippen LogP contribution in [0.4, 0.5) is 0 Å². The molecule has 0 N–H and O–H groups in total. The Bertz CT molecular complexity index is 728. The fourth-order valence-corrected chi connectivity index (χ4v) is 2.42. The minimum absolute atomic E-state index is 0.00114. The summed E-state index contributed by atoms with van der Waals surface area (Å²) in [5.41, 5.74) is 0.154. The first kappa shape index (κ1) is 17.0. The lowest BCUT2D eigenvalue weighted by atomic mass is 10.2. The third-order valence-electron chi connectivity index (χ3n) is 3.08. The van der Waals surface area contributed by atoms with Gasteiger partial charge in [0.2, 0.25) is 0 Å². The molecule has 0 bridgehead atoms. The van der Waals surface area contributed by atoms with Crippen LogP contribution in [0.2, 0.25) is 5.15 Å². The predicted molar refractivity (Wildman–Crippen MR) is 89.6 cm³/mol. The SMILES string of the molecule is O=c1cc(Cl)n(COCc2ccccc2)c(=O)n1CCCBr. The highest BCUT2D eigenvalue weighted by Crippen LogP contribution is 2.05. The van der Waals surface area contributed by atoms with Crippen molar-refractivity contribution in [3.8, 4) is 0 Å². The Morgan fingerprint density at radius 1 is 1.14 bits per heavy atom. The van der Waals surface area contributed by atoms with Crippen LogP contribution in [-0.4, -0.2) is 14.5 Å². The second kappa shape index (κ2) is 8.31. The van der Waals surface area contributed by atoms with Gasteiger partial charge in [0.25, 0.3) is 5.56 Å². The minimum atomic E-state index is -0.452. The van der Waals surface area contributed by atoms with Crippen molar-refractivity contribution >= 4 is 27.5 Å². The molecule has 0 spiro atoms. The fraction of sp³-hybridized carbons (Fsp3) is 0.333. The van der Waals surface area contributed by atoms with Gasteiger partial charge in [0.1, 0.15) is 11.9 Å². The molecule has 0 aliphatic carbocycles. The molecule has 0 fully saturated rings. The molecule has 0 amide bonds. The monoisotopic (exact) mass is 386 g/mol. The van der Waals surface area contributed by atoms with Crippen molar-refractivity contribution in [2.45, 2.75) is 26.3 Å². The summed E-state index contributed by atoms with van der Waals surface area (Å²) >= 11 is 9.26. The number of alkyl halides is 1. The van der Waals surface area contributed by atoms with Crippen molar-refractivity contribution in [3.63, 3.8) is 0 Å². The van der Waals surface area contributed by atoms with Gasteiger partial charge in [-0.2, -0.15) is 0 Å². The number of rotatable bonds is 7. The molecule has 118 valence electrons. The van der Waals surface area contributed by atoms with Gasteiger partial charge in [-0.3, -0.25) is 13.9 Å². The van der Waals surface area contributed by atoms with Crippen LogP contribution in [0.5, 0.6) is 0 Å². The lowest BCUT2D eigenvalue weighted by Gasteiger charge is -2.12. The highest BCUT2D eigenvalue weighted by Gasteiger charge is 2.10. The van der Waals surface area contributed by atoms with Crippen molar-refractivity contribution in [2.75, 3.05) is 5.33 Å². The highest BCUT2D eigenvalue weighted by molar-refractivity contribution is 9.09. The van der Waals surface area contributed by atoms with Gasteiger partial charge in [-0.1, -0.05) is 57.9 Å². The molecule has 0 saturated carbocycles. The highest BCUT2D eigenvalue weighted by atomic mass is 79.9. The zero-order chi connectivity index (χ0) is 15.9. The molecule has 0 aliphatic rings. The van der Waals surface area contributed by atoms with E-state index in [0.29, 0.717) is 24.9 Å². The largest absolute Gasteiger partial charge is 0.356 e. The summed E-state index contributed by atoms with van der Waals surface area (Å²) in [5, 5.41) is 0.796. The second-order valence-electron chi connectivity index (χ2n) is 4.67. The molecule has 1 aromatic carbocycles. The van der Waals surface area contributed by atoms with E-state index in [0.717, 1.165) is 5.56 Å². The van der Waals surface area contributed by atoms with Gasteiger partial charge in [-0.25, -0.2) is 4.79 Å². The topological polar surface area (TPSA) is 53.2 Å². The van der Waals surface area contributed by atoms with Crippen molar-refractivity contribution < 1.29 is 4.74 Å². The van der Waals surface area contributed by atoms with Gasteiger partial charge in [0.05, 0.1) is 6.61 Å². The van der Waals surface area contributed by atoms with Crippen LogP contribution in [0.3, 0.4) is 0 Å². The first-order chi connectivity index (χ1) is 10.6. The van der Waals surface area contributed by atoms with E-state index >= 15 is 0 Å². The summed E-state index contributed by atoms with van der Waals surface area (Å²) in [7, 11) is 0. The summed E-state index contributed by atoms with van der Waals surface area (Å²) < 4.78 is 7.94. The second-order valence-corrected chi connectivity index (χ2v) is 5.85. The molecular weight excluding hydrogens is 372 g/mol. The molecule has 0 aliphatic heterocycles. The smallest absolute Gasteiger partial charge is 0.334 e. The van der Waals surface area contributed by atoms with Crippen molar-refractivity contribution in [3.05, 3.63) is 68.0 Å². The van der Waals surface area contributed by atoms with Crippen LogP contribution >= 0.6 is 27.5 Å². The predicted octanol–water partition coefficient (Wildman–Crippen LogP) is 2.62. The maximum absolute atomic E-state index is 12.3. The van der Waals surface area contributed by atoms with E-state index in [1.54, 1.807) is 0 Å². The van der Waals surface area contributed by atoms with E-state index in [1.165, 1.54) is 15.2 Å². The Balaban J connectivity index is 2.13. The number of hydrogen-bond acceptors (Lipinski definition) is 3. The molecule has 1 aromatic heterocycles. The number of hydrogen-bond donors (Lipinski definition) is 0. The zero-order valence-corrected chi connectivity index (χ0v) is 14.2. The average Bonchev–Trinajstić information content (AvgIpc) is 2.51. The molecule has 2 rings (SSSR count). The molecule has 0 unspecified atom stereocenters. The van der Waals surface area contributed by atoms with Gasteiger partial charge in [0.15, 0.2) is 0 Å². The van der Waals surface area contributed by atoms with Gasteiger partial charge >= 0.3 is 5.69 Å². The van der Waals surface area contributed by atoms with Crippen LogP contribution in [0.1, 0.15) is 12.0 Å². The third-order valence-corrected chi connectivity index (χ3v) is 3.95. The van der Waals surface area contributed by atoms with Crippen molar-refractivity contribution in [1.82, 2.24) is 9.13 Å². The van der Waals surface area contributed by atoms with Crippen LogP contribution in [0.15, 0.2) is 46.0 Å². The first-order valence-electron chi connectivity index (χ1n) is 6.81. The molecule has 2 aromatic rings. The minimum Gasteiger partial charge on any atom is -0.356 e. The molecule has 0 radical (unpaired) electrons. The lowest BCUT2D eigenvalue weighted by molar-refractivity contribution is 0.0599. The van der Waals surface area contributed by atoms with Crippen molar-refractivity contribution in [2.24, 2.45) is 0 Å². The number of ether oxygens (including phenoxy) is 1. The summed E-state index contributed by atoms with van der Waals surface area (Å²) in [6.07, 6.45) is 0.682.